The van der Waals surface area contributed by atoms with Gasteiger partial charge in [0.15, 0.2) is 0 Å². The van der Waals surface area contributed by atoms with Gasteiger partial charge < -0.3 is 14.8 Å². The molecule has 1 heterocycles. The summed E-state index contributed by atoms with van der Waals surface area (Å²) in [5, 5.41) is 3.53. The molecule has 1 aliphatic heterocycles. The summed E-state index contributed by atoms with van der Waals surface area (Å²) in [4.78, 5) is 0. The first-order valence-corrected chi connectivity index (χ1v) is 6.77. The van der Waals surface area contributed by atoms with Gasteiger partial charge in [-0.1, -0.05) is 18.2 Å². The molecule has 0 amide bonds. The van der Waals surface area contributed by atoms with E-state index in [0.29, 0.717) is 6.04 Å². The van der Waals surface area contributed by atoms with Crippen LogP contribution in [0.4, 0.5) is 0 Å². The predicted molar refractivity (Wildman–Crippen MR) is 73.3 cm³/mol. The van der Waals surface area contributed by atoms with Gasteiger partial charge >= 0.3 is 0 Å². The van der Waals surface area contributed by atoms with Crippen LogP contribution in [0.5, 0.6) is 5.75 Å². The number of rotatable bonds is 5. The highest BCUT2D eigenvalue weighted by atomic mass is 16.5. The number of benzene rings is 1. The molecule has 0 radical (unpaired) electrons. The molecular weight excluding hydrogens is 226 g/mol. The first kappa shape index (κ1) is 13.4. The molecule has 0 aliphatic carbocycles. The minimum atomic E-state index is 0.598. The molecule has 0 unspecified atom stereocenters. The van der Waals surface area contributed by atoms with Gasteiger partial charge in [0.2, 0.25) is 0 Å². The van der Waals surface area contributed by atoms with Gasteiger partial charge in [-0.2, -0.15) is 0 Å². The molecule has 18 heavy (non-hydrogen) atoms. The normalized spacial score (nSPS) is 16.8. The average molecular weight is 249 g/mol. The van der Waals surface area contributed by atoms with Gasteiger partial charge in [-0.05, 0) is 37.8 Å². The summed E-state index contributed by atoms with van der Waals surface area (Å²) in [6.45, 7) is 7.58. The van der Waals surface area contributed by atoms with Crippen molar-refractivity contribution in [2.45, 2.75) is 32.7 Å². The monoisotopic (exact) mass is 249 g/mol. The smallest absolute Gasteiger partial charge is 0.125 e. The zero-order chi connectivity index (χ0) is 12.8. The van der Waals surface area contributed by atoms with Crippen LogP contribution in [-0.4, -0.2) is 32.4 Å². The minimum Gasteiger partial charge on any atom is -0.492 e. The van der Waals surface area contributed by atoms with Crippen molar-refractivity contribution in [3.63, 3.8) is 0 Å². The fraction of sp³-hybridized carbons (Fsp3) is 0.600. The lowest BCUT2D eigenvalue weighted by Crippen LogP contribution is -2.37. The quantitative estimate of drug-likeness (QED) is 0.813. The Labute approximate surface area is 109 Å². The van der Waals surface area contributed by atoms with Gasteiger partial charge in [0, 0.05) is 25.8 Å². The Hall–Kier alpha value is -1.06. The van der Waals surface area contributed by atoms with Crippen LogP contribution >= 0.6 is 0 Å². The van der Waals surface area contributed by atoms with Gasteiger partial charge in [-0.25, -0.2) is 0 Å². The van der Waals surface area contributed by atoms with Crippen molar-refractivity contribution in [1.29, 1.82) is 0 Å². The van der Waals surface area contributed by atoms with Crippen LogP contribution < -0.4 is 10.1 Å². The summed E-state index contributed by atoms with van der Waals surface area (Å²) in [6, 6.07) is 6.85. The molecular formula is C15H23NO2. The van der Waals surface area contributed by atoms with Crippen molar-refractivity contribution in [2.75, 3.05) is 26.4 Å². The molecule has 0 spiro atoms. The molecule has 1 aliphatic rings. The molecule has 1 fully saturated rings. The van der Waals surface area contributed by atoms with Crippen molar-refractivity contribution in [1.82, 2.24) is 5.32 Å². The van der Waals surface area contributed by atoms with Crippen molar-refractivity contribution < 1.29 is 9.47 Å². The van der Waals surface area contributed by atoms with E-state index in [1.165, 1.54) is 11.1 Å². The second-order valence-electron chi connectivity index (χ2n) is 4.91. The fourth-order valence-corrected chi connectivity index (χ4v) is 2.34. The van der Waals surface area contributed by atoms with Crippen molar-refractivity contribution in [3.8, 4) is 5.75 Å². The Morgan fingerprint density at radius 3 is 2.56 bits per heavy atom. The average Bonchev–Trinajstić information content (AvgIpc) is 2.38. The number of hydrogen-bond donors (Lipinski definition) is 1. The Bertz CT molecular complexity index is 353. The van der Waals surface area contributed by atoms with Crippen LogP contribution in [0.3, 0.4) is 0 Å². The van der Waals surface area contributed by atoms with E-state index >= 15 is 0 Å². The van der Waals surface area contributed by atoms with Crippen LogP contribution in [0.2, 0.25) is 0 Å². The molecule has 3 nitrogen and oxygen atoms in total. The third kappa shape index (κ3) is 3.72. The van der Waals surface area contributed by atoms with E-state index in [1.807, 2.05) is 0 Å². The second-order valence-corrected chi connectivity index (χ2v) is 4.91. The van der Waals surface area contributed by atoms with Crippen molar-refractivity contribution in [3.05, 3.63) is 29.3 Å². The Balaban J connectivity index is 1.71. The third-order valence-electron chi connectivity index (χ3n) is 3.41. The van der Waals surface area contributed by atoms with E-state index in [0.717, 1.165) is 45.0 Å². The molecule has 0 bridgehead atoms. The molecule has 0 atom stereocenters. The second kappa shape index (κ2) is 6.76. The highest BCUT2D eigenvalue weighted by molar-refractivity contribution is 5.39. The summed E-state index contributed by atoms with van der Waals surface area (Å²) in [6.07, 6.45) is 2.23. The Morgan fingerprint density at radius 2 is 1.89 bits per heavy atom. The maximum atomic E-state index is 5.86. The summed E-state index contributed by atoms with van der Waals surface area (Å²) in [5.74, 6) is 1.03. The van der Waals surface area contributed by atoms with E-state index in [9.17, 15) is 0 Å². The van der Waals surface area contributed by atoms with Gasteiger partial charge in [0.25, 0.3) is 0 Å². The van der Waals surface area contributed by atoms with Gasteiger partial charge in [0.05, 0.1) is 0 Å². The lowest BCUT2D eigenvalue weighted by Gasteiger charge is -2.23. The van der Waals surface area contributed by atoms with Crippen molar-refractivity contribution >= 4 is 0 Å². The number of para-hydroxylation sites is 1. The van der Waals surface area contributed by atoms with E-state index in [1.54, 1.807) is 0 Å². The molecule has 100 valence electrons. The molecule has 1 N–H and O–H groups in total. The van der Waals surface area contributed by atoms with E-state index in [2.05, 4.69) is 37.4 Å². The van der Waals surface area contributed by atoms with Crippen LogP contribution in [0.15, 0.2) is 18.2 Å². The molecule has 1 saturated heterocycles. The first-order chi connectivity index (χ1) is 8.77. The molecule has 3 heteroatoms. The van der Waals surface area contributed by atoms with E-state index in [-0.39, 0.29) is 0 Å². The Morgan fingerprint density at radius 1 is 1.22 bits per heavy atom. The van der Waals surface area contributed by atoms with Crippen LogP contribution in [0.25, 0.3) is 0 Å². The first-order valence-electron chi connectivity index (χ1n) is 6.77. The summed E-state index contributed by atoms with van der Waals surface area (Å²) < 4.78 is 11.2. The third-order valence-corrected chi connectivity index (χ3v) is 3.41. The maximum absolute atomic E-state index is 5.86. The standard InChI is InChI=1S/C15H23NO2/c1-12-4-3-5-13(2)15(12)18-11-8-16-14-6-9-17-10-7-14/h3-5,14,16H,6-11H2,1-2H3. The molecule has 1 aromatic carbocycles. The number of hydrogen-bond acceptors (Lipinski definition) is 3. The zero-order valence-electron chi connectivity index (χ0n) is 11.4. The molecule has 1 aromatic rings. The minimum absolute atomic E-state index is 0.598. The summed E-state index contributed by atoms with van der Waals surface area (Å²) >= 11 is 0. The zero-order valence-corrected chi connectivity index (χ0v) is 11.4. The highest BCUT2D eigenvalue weighted by Gasteiger charge is 2.12. The maximum Gasteiger partial charge on any atom is 0.125 e. The fourth-order valence-electron chi connectivity index (χ4n) is 2.34. The number of nitrogens with one attached hydrogen (secondary N) is 1. The number of aryl methyl sites for hydroxylation is 2. The van der Waals surface area contributed by atoms with Gasteiger partial charge in [-0.3, -0.25) is 0 Å². The van der Waals surface area contributed by atoms with Gasteiger partial charge in [0.1, 0.15) is 12.4 Å². The van der Waals surface area contributed by atoms with Crippen molar-refractivity contribution in [2.24, 2.45) is 0 Å². The Kier molecular flexibility index (Phi) is 5.02. The van der Waals surface area contributed by atoms with Crippen LogP contribution in [-0.2, 0) is 4.74 Å². The lowest BCUT2D eigenvalue weighted by molar-refractivity contribution is 0.0770. The van der Waals surface area contributed by atoms with E-state index in [4.69, 9.17) is 9.47 Å². The SMILES string of the molecule is Cc1cccc(C)c1OCCNC1CCOCC1. The molecule has 0 aromatic heterocycles. The highest BCUT2D eigenvalue weighted by Crippen LogP contribution is 2.21. The summed E-state index contributed by atoms with van der Waals surface area (Å²) in [5.41, 5.74) is 2.42. The van der Waals surface area contributed by atoms with E-state index < -0.39 is 0 Å². The number of ether oxygens (including phenoxy) is 2. The summed E-state index contributed by atoms with van der Waals surface area (Å²) in [7, 11) is 0. The molecule has 2 rings (SSSR count). The van der Waals surface area contributed by atoms with Crippen LogP contribution in [0, 0.1) is 13.8 Å². The van der Waals surface area contributed by atoms with Gasteiger partial charge in [-0.15, -0.1) is 0 Å². The lowest BCUT2D eigenvalue weighted by atomic mass is 10.1. The van der Waals surface area contributed by atoms with Crippen LogP contribution in [0.1, 0.15) is 24.0 Å². The largest absolute Gasteiger partial charge is 0.492 e. The topological polar surface area (TPSA) is 30.5 Å². The molecule has 0 saturated carbocycles. The predicted octanol–water partition coefficient (Wildman–Crippen LogP) is 2.45.